The van der Waals surface area contributed by atoms with Crippen LogP contribution in [-0.4, -0.2) is 15.9 Å². The van der Waals surface area contributed by atoms with Gasteiger partial charge in [-0.3, -0.25) is 5.32 Å². The molecule has 1 N–H and O–H groups in total. The molecule has 0 saturated heterocycles. The number of nitrogens with one attached hydrogen (secondary N) is 1. The minimum atomic E-state index is -5.03. The Balaban J connectivity index is 1.89. The topological polar surface area (TPSA) is 56.1 Å². The summed E-state index contributed by atoms with van der Waals surface area (Å²) in [6.07, 6.45) is -10.9. The van der Waals surface area contributed by atoms with E-state index >= 15 is 0 Å². The molecule has 0 aliphatic rings. The maximum atomic E-state index is 13.7. The van der Waals surface area contributed by atoms with Gasteiger partial charge in [-0.05, 0) is 42.5 Å². The van der Waals surface area contributed by atoms with Crippen molar-refractivity contribution in [2.24, 2.45) is 0 Å². The molecule has 3 aromatic rings. The number of ether oxygens (including phenoxy) is 1. The van der Waals surface area contributed by atoms with Gasteiger partial charge in [-0.2, -0.15) is 31.4 Å². The van der Waals surface area contributed by atoms with Crippen LogP contribution in [0.4, 0.5) is 41.2 Å². The van der Waals surface area contributed by atoms with Crippen molar-refractivity contribution in [1.82, 2.24) is 9.78 Å². The molecule has 0 spiro atoms. The van der Waals surface area contributed by atoms with E-state index in [1.165, 1.54) is 24.3 Å². The lowest BCUT2D eigenvalue weighted by atomic mass is 10.2. The van der Waals surface area contributed by atoms with Crippen molar-refractivity contribution >= 4 is 23.4 Å². The number of rotatable bonds is 3. The molecule has 0 radical (unpaired) electrons. The van der Waals surface area contributed by atoms with E-state index in [0.29, 0.717) is 23.0 Å². The van der Waals surface area contributed by atoms with Gasteiger partial charge in [-0.1, -0.05) is 11.6 Å². The molecule has 13 heteroatoms. The van der Waals surface area contributed by atoms with E-state index in [4.69, 9.17) is 11.6 Å². The number of nitrogens with zero attached hydrogens (tertiary/aromatic N) is 2. The summed E-state index contributed by atoms with van der Waals surface area (Å²) < 4.78 is 97.6. The van der Waals surface area contributed by atoms with E-state index < -0.39 is 47.0 Å². The van der Waals surface area contributed by atoms with Gasteiger partial charge in [0.25, 0.3) is 0 Å². The molecule has 1 amide bonds. The van der Waals surface area contributed by atoms with Gasteiger partial charge in [0.15, 0.2) is 11.4 Å². The van der Waals surface area contributed by atoms with Crippen molar-refractivity contribution in [3.05, 3.63) is 70.8 Å². The minimum absolute atomic E-state index is 0.0593. The Hall–Kier alpha value is -3.28. The fourth-order valence-electron chi connectivity index (χ4n) is 2.48. The van der Waals surface area contributed by atoms with Crippen LogP contribution in [0.25, 0.3) is 5.69 Å². The highest BCUT2D eigenvalue weighted by Gasteiger charge is 2.40. The summed E-state index contributed by atoms with van der Waals surface area (Å²) >= 11 is 5.70. The largest absolute Gasteiger partial charge is 0.437 e. The van der Waals surface area contributed by atoms with Gasteiger partial charge >= 0.3 is 18.4 Å². The molecule has 0 aliphatic carbocycles. The average molecular weight is 468 g/mol. The van der Waals surface area contributed by atoms with Crippen molar-refractivity contribution in [3.63, 3.8) is 0 Å². The summed E-state index contributed by atoms with van der Waals surface area (Å²) in [6.45, 7) is 0. The molecule has 1 aromatic heterocycles. The van der Waals surface area contributed by atoms with Crippen LogP contribution < -0.4 is 10.1 Å². The lowest BCUT2D eigenvalue weighted by Crippen LogP contribution is -2.21. The monoisotopic (exact) mass is 467 g/mol. The van der Waals surface area contributed by atoms with E-state index in [-0.39, 0.29) is 16.8 Å². The maximum absolute atomic E-state index is 13.7. The lowest BCUT2D eigenvalue weighted by Gasteiger charge is -2.13. The number of alkyl halides is 6. The molecule has 0 fully saturated rings. The van der Waals surface area contributed by atoms with Crippen LogP contribution in [0.3, 0.4) is 0 Å². The smallest absolute Gasteiger partial charge is 0.406 e. The molecule has 0 bridgehead atoms. The quantitative estimate of drug-likeness (QED) is 0.459. The van der Waals surface area contributed by atoms with E-state index in [1.54, 1.807) is 5.32 Å². The zero-order valence-electron chi connectivity index (χ0n) is 14.9. The molecular weight excluding hydrogens is 459 g/mol. The molecular formula is C18H9ClF7N3O2. The number of hydrogen-bond acceptors (Lipinski definition) is 3. The first-order chi connectivity index (χ1) is 14.4. The molecule has 2 aromatic carbocycles. The fourth-order valence-corrected chi connectivity index (χ4v) is 2.60. The summed E-state index contributed by atoms with van der Waals surface area (Å²) in [5.74, 6) is -2.30. The van der Waals surface area contributed by atoms with Gasteiger partial charge in [0.05, 0.1) is 23.1 Å². The van der Waals surface area contributed by atoms with Crippen molar-refractivity contribution in [2.75, 3.05) is 5.32 Å². The number of carbonyl (C=O) groups is 1. The third-order valence-electron chi connectivity index (χ3n) is 3.81. The Morgan fingerprint density at radius 2 is 1.65 bits per heavy atom. The average Bonchev–Trinajstić information content (AvgIpc) is 3.07. The van der Waals surface area contributed by atoms with Crippen LogP contribution in [0.5, 0.6) is 5.75 Å². The first kappa shape index (κ1) is 22.4. The summed E-state index contributed by atoms with van der Waals surface area (Å²) in [7, 11) is 0. The second-order valence-electron chi connectivity index (χ2n) is 5.95. The van der Waals surface area contributed by atoms with Crippen LogP contribution in [0.15, 0.2) is 48.7 Å². The molecule has 31 heavy (non-hydrogen) atoms. The lowest BCUT2D eigenvalue weighted by molar-refractivity contribution is -0.143. The van der Waals surface area contributed by atoms with Crippen molar-refractivity contribution in [2.45, 2.75) is 12.4 Å². The summed E-state index contributed by atoms with van der Waals surface area (Å²) in [6, 6.07) is 6.23. The molecule has 0 unspecified atom stereocenters. The highest BCUT2D eigenvalue weighted by molar-refractivity contribution is 6.30. The van der Waals surface area contributed by atoms with Gasteiger partial charge in [-0.25, -0.2) is 13.9 Å². The Morgan fingerprint density at radius 1 is 1.00 bits per heavy atom. The Labute approximate surface area is 174 Å². The molecule has 164 valence electrons. The van der Waals surface area contributed by atoms with Crippen molar-refractivity contribution < 1.29 is 40.3 Å². The Morgan fingerprint density at radius 3 is 2.23 bits per heavy atom. The number of hydrogen-bond donors (Lipinski definition) is 1. The molecule has 0 atom stereocenters. The predicted octanol–water partition coefficient (Wildman–Crippen LogP) is 6.31. The molecule has 0 aliphatic heterocycles. The Kier molecular flexibility index (Phi) is 5.85. The van der Waals surface area contributed by atoms with Crippen LogP contribution in [-0.2, 0) is 12.4 Å². The molecule has 0 saturated carbocycles. The summed E-state index contributed by atoms with van der Waals surface area (Å²) in [5.41, 5.74) is -3.75. The second kappa shape index (κ2) is 8.10. The van der Waals surface area contributed by atoms with Gasteiger partial charge in [0.2, 0.25) is 0 Å². The third-order valence-corrected chi connectivity index (χ3v) is 4.06. The SMILES string of the molecule is O=C(Nc1cc(C(F)(F)F)ccc1F)Oc1cnn(-c2ccc(Cl)cc2)c1C(F)(F)F. The van der Waals surface area contributed by atoms with Gasteiger partial charge in [0, 0.05) is 5.02 Å². The first-order valence-corrected chi connectivity index (χ1v) is 8.51. The standard InChI is InChI=1S/C18H9ClF7N3O2/c19-10-2-4-11(5-3-10)29-15(18(24,25)26)14(8-27-29)31-16(30)28-13-7-9(17(21,22)23)1-6-12(13)20/h1-8H,(H,28,30). The summed E-state index contributed by atoms with van der Waals surface area (Å²) in [4.78, 5) is 12.0. The highest BCUT2D eigenvalue weighted by atomic mass is 35.5. The number of benzene rings is 2. The van der Waals surface area contributed by atoms with E-state index in [1.807, 2.05) is 0 Å². The maximum Gasteiger partial charge on any atom is 0.437 e. The van der Waals surface area contributed by atoms with E-state index in [9.17, 15) is 35.5 Å². The van der Waals surface area contributed by atoms with Crippen LogP contribution in [0.1, 0.15) is 11.3 Å². The number of aromatic nitrogens is 2. The molecule has 1 heterocycles. The van der Waals surface area contributed by atoms with Crippen LogP contribution in [0.2, 0.25) is 5.02 Å². The third kappa shape index (κ3) is 5.08. The number of anilines is 1. The van der Waals surface area contributed by atoms with E-state index in [0.717, 1.165) is 0 Å². The van der Waals surface area contributed by atoms with Crippen molar-refractivity contribution in [1.29, 1.82) is 0 Å². The predicted molar refractivity (Wildman–Crippen MR) is 94.6 cm³/mol. The minimum Gasteiger partial charge on any atom is -0.406 e. The van der Waals surface area contributed by atoms with Gasteiger partial charge < -0.3 is 4.74 Å². The van der Waals surface area contributed by atoms with E-state index in [2.05, 4.69) is 9.84 Å². The van der Waals surface area contributed by atoms with Crippen LogP contribution in [0, 0.1) is 5.82 Å². The normalized spacial score (nSPS) is 12.0. The van der Waals surface area contributed by atoms with Gasteiger partial charge in [0.1, 0.15) is 5.82 Å². The van der Waals surface area contributed by atoms with Gasteiger partial charge in [-0.15, -0.1) is 0 Å². The second-order valence-corrected chi connectivity index (χ2v) is 6.39. The molecule has 5 nitrogen and oxygen atoms in total. The first-order valence-electron chi connectivity index (χ1n) is 8.13. The zero-order chi connectivity index (χ0) is 23.0. The number of amides is 1. The summed E-state index contributed by atoms with van der Waals surface area (Å²) in [5, 5.41) is 5.43. The number of carbonyl (C=O) groups excluding carboxylic acids is 1. The van der Waals surface area contributed by atoms with Crippen LogP contribution >= 0.6 is 11.6 Å². The fraction of sp³-hybridized carbons (Fsp3) is 0.111. The molecule has 3 rings (SSSR count). The number of halogens is 8. The van der Waals surface area contributed by atoms with Crippen molar-refractivity contribution in [3.8, 4) is 11.4 Å². The highest BCUT2D eigenvalue weighted by Crippen LogP contribution is 2.38. The Bertz CT molecular complexity index is 1110. The zero-order valence-corrected chi connectivity index (χ0v) is 15.6.